The Bertz CT molecular complexity index is 366. The molecule has 0 bridgehead atoms. The van der Waals surface area contributed by atoms with Gasteiger partial charge in [-0.25, -0.2) is 0 Å². The molecule has 0 atom stereocenters. The van der Waals surface area contributed by atoms with Crippen LogP contribution in [0.2, 0.25) is 0 Å². The SMILES string of the molecule is CCC(C)=Nc1cccc(C(C)=O)c1. The summed E-state index contributed by atoms with van der Waals surface area (Å²) in [7, 11) is 0. The Morgan fingerprint density at radius 1 is 1.36 bits per heavy atom. The van der Waals surface area contributed by atoms with Crippen molar-refractivity contribution in [3.8, 4) is 0 Å². The fourth-order valence-corrected chi connectivity index (χ4v) is 1.09. The summed E-state index contributed by atoms with van der Waals surface area (Å²) in [6.45, 7) is 5.61. The van der Waals surface area contributed by atoms with Crippen molar-refractivity contribution in [1.82, 2.24) is 0 Å². The van der Waals surface area contributed by atoms with Gasteiger partial charge in [0.15, 0.2) is 5.78 Å². The molecule has 0 aliphatic rings. The van der Waals surface area contributed by atoms with E-state index in [1.807, 2.05) is 31.2 Å². The summed E-state index contributed by atoms with van der Waals surface area (Å²) < 4.78 is 0. The Morgan fingerprint density at radius 3 is 2.64 bits per heavy atom. The molecule has 2 nitrogen and oxygen atoms in total. The maximum absolute atomic E-state index is 11.1. The van der Waals surface area contributed by atoms with E-state index in [0.29, 0.717) is 0 Å². The molecule has 0 spiro atoms. The molecule has 0 aliphatic heterocycles. The number of Topliss-reactive ketones (excluding diaryl/α,β-unsaturated/α-hetero) is 1. The smallest absolute Gasteiger partial charge is 0.159 e. The van der Waals surface area contributed by atoms with Gasteiger partial charge in [0.05, 0.1) is 5.69 Å². The standard InChI is InChI=1S/C12H15NO/c1-4-9(2)13-12-7-5-6-11(8-12)10(3)14/h5-8H,4H2,1-3H3. The predicted octanol–water partition coefficient (Wildman–Crippen LogP) is 3.39. The highest BCUT2D eigenvalue weighted by Crippen LogP contribution is 2.15. The minimum atomic E-state index is 0.0798. The van der Waals surface area contributed by atoms with Crippen LogP contribution in [-0.2, 0) is 0 Å². The van der Waals surface area contributed by atoms with Crippen molar-refractivity contribution in [2.75, 3.05) is 0 Å². The van der Waals surface area contributed by atoms with E-state index in [9.17, 15) is 4.79 Å². The predicted molar refractivity (Wildman–Crippen MR) is 59.5 cm³/mol. The monoisotopic (exact) mass is 189 g/mol. The second-order valence-electron chi connectivity index (χ2n) is 3.31. The van der Waals surface area contributed by atoms with E-state index in [-0.39, 0.29) is 5.78 Å². The molecule has 74 valence electrons. The number of rotatable bonds is 3. The fourth-order valence-electron chi connectivity index (χ4n) is 1.09. The zero-order valence-corrected chi connectivity index (χ0v) is 8.87. The molecule has 0 saturated carbocycles. The average molecular weight is 189 g/mol. The maximum atomic E-state index is 11.1. The lowest BCUT2D eigenvalue weighted by atomic mass is 10.1. The first-order valence-electron chi connectivity index (χ1n) is 4.78. The van der Waals surface area contributed by atoms with Crippen LogP contribution in [0.1, 0.15) is 37.6 Å². The van der Waals surface area contributed by atoms with Crippen molar-refractivity contribution in [1.29, 1.82) is 0 Å². The van der Waals surface area contributed by atoms with Gasteiger partial charge in [0.25, 0.3) is 0 Å². The Morgan fingerprint density at radius 2 is 2.07 bits per heavy atom. The Labute approximate surface area is 84.7 Å². The van der Waals surface area contributed by atoms with Gasteiger partial charge >= 0.3 is 0 Å². The van der Waals surface area contributed by atoms with Gasteiger partial charge < -0.3 is 0 Å². The molecular formula is C12H15NO. The average Bonchev–Trinajstić information content (AvgIpc) is 2.18. The molecule has 0 unspecified atom stereocenters. The Hall–Kier alpha value is -1.44. The number of carbonyl (C=O) groups excluding carboxylic acids is 1. The van der Waals surface area contributed by atoms with E-state index in [1.165, 1.54) is 0 Å². The molecule has 0 N–H and O–H groups in total. The van der Waals surface area contributed by atoms with Gasteiger partial charge in [-0.1, -0.05) is 19.1 Å². The highest BCUT2D eigenvalue weighted by molar-refractivity contribution is 5.95. The van der Waals surface area contributed by atoms with Crippen LogP contribution in [0.3, 0.4) is 0 Å². The lowest BCUT2D eigenvalue weighted by Gasteiger charge is -1.99. The topological polar surface area (TPSA) is 29.4 Å². The molecule has 0 heterocycles. The molecule has 0 fully saturated rings. The normalized spacial score (nSPS) is 11.5. The van der Waals surface area contributed by atoms with Crippen molar-refractivity contribution in [3.63, 3.8) is 0 Å². The molecule has 0 amide bonds. The molecule has 2 heteroatoms. The minimum absolute atomic E-state index is 0.0798. The molecule has 0 saturated heterocycles. The number of carbonyl (C=O) groups is 1. The zero-order chi connectivity index (χ0) is 10.6. The van der Waals surface area contributed by atoms with Crippen LogP contribution in [-0.4, -0.2) is 11.5 Å². The highest BCUT2D eigenvalue weighted by Gasteiger charge is 1.99. The highest BCUT2D eigenvalue weighted by atomic mass is 16.1. The second-order valence-corrected chi connectivity index (χ2v) is 3.31. The summed E-state index contributed by atoms with van der Waals surface area (Å²) in [5.41, 5.74) is 2.65. The third-order valence-electron chi connectivity index (χ3n) is 2.08. The minimum Gasteiger partial charge on any atom is -0.295 e. The molecule has 0 aromatic heterocycles. The van der Waals surface area contributed by atoms with Crippen LogP contribution < -0.4 is 0 Å². The first-order valence-corrected chi connectivity index (χ1v) is 4.78. The molecule has 1 aromatic rings. The summed E-state index contributed by atoms with van der Waals surface area (Å²) in [5, 5.41) is 0. The first kappa shape index (κ1) is 10.6. The summed E-state index contributed by atoms with van der Waals surface area (Å²) in [4.78, 5) is 15.5. The quantitative estimate of drug-likeness (QED) is 0.529. The van der Waals surface area contributed by atoms with Gasteiger partial charge in [0, 0.05) is 11.3 Å². The summed E-state index contributed by atoms with van der Waals surface area (Å²) in [6, 6.07) is 7.40. The van der Waals surface area contributed by atoms with Crippen LogP contribution in [0.25, 0.3) is 0 Å². The first-order chi connectivity index (χ1) is 6.63. The lowest BCUT2D eigenvalue weighted by molar-refractivity contribution is 0.101. The van der Waals surface area contributed by atoms with Crippen molar-refractivity contribution in [3.05, 3.63) is 29.8 Å². The van der Waals surface area contributed by atoms with Gasteiger partial charge in [0.2, 0.25) is 0 Å². The number of ketones is 1. The van der Waals surface area contributed by atoms with E-state index in [4.69, 9.17) is 0 Å². The van der Waals surface area contributed by atoms with Crippen LogP contribution in [0.15, 0.2) is 29.3 Å². The van der Waals surface area contributed by atoms with E-state index >= 15 is 0 Å². The van der Waals surface area contributed by atoms with Gasteiger partial charge in [-0.05, 0) is 32.4 Å². The number of hydrogen-bond donors (Lipinski definition) is 0. The van der Waals surface area contributed by atoms with Crippen LogP contribution in [0.4, 0.5) is 5.69 Å². The summed E-state index contributed by atoms with van der Waals surface area (Å²) in [6.07, 6.45) is 0.935. The molecular weight excluding hydrogens is 174 g/mol. The van der Waals surface area contributed by atoms with Gasteiger partial charge in [0.1, 0.15) is 0 Å². The third-order valence-corrected chi connectivity index (χ3v) is 2.08. The Kier molecular flexibility index (Phi) is 3.57. The molecule has 1 rings (SSSR count). The van der Waals surface area contributed by atoms with Crippen molar-refractivity contribution >= 4 is 17.2 Å². The van der Waals surface area contributed by atoms with Gasteiger partial charge in [-0.2, -0.15) is 0 Å². The van der Waals surface area contributed by atoms with E-state index in [0.717, 1.165) is 23.4 Å². The number of aliphatic imine (C=N–C) groups is 1. The Balaban J connectivity index is 3.00. The molecule has 0 aliphatic carbocycles. The van der Waals surface area contributed by atoms with Crippen LogP contribution in [0, 0.1) is 0 Å². The maximum Gasteiger partial charge on any atom is 0.159 e. The van der Waals surface area contributed by atoms with Gasteiger partial charge in [-0.15, -0.1) is 0 Å². The van der Waals surface area contributed by atoms with Crippen molar-refractivity contribution in [2.24, 2.45) is 4.99 Å². The molecule has 1 aromatic carbocycles. The lowest BCUT2D eigenvalue weighted by Crippen LogP contribution is -1.91. The zero-order valence-electron chi connectivity index (χ0n) is 8.87. The number of nitrogens with zero attached hydrogens (tertiary/aromatic N) is 1. The molecule has 0 radical (unpaired) electrons. The van der Waals surface area contributed by atoms with E-state index in [1.54, 1.807) is 6.92 Å². The largest absolute Gasteiger partial charge is 0.295 e. The van der Waals surface area contributed by atoms with Crippen LogP contribution in [0.5, 0.6) is 0 Å². The van der Waals surface area contributed by atoms with E-state index < -0.39 is 0 Å². The van der Waals surface area contributed by atoms with Gasteiger partial charge in [-0.3, -0.25) is 9.79 Å². The van der Waals surface area contributed by atoms with Crippen LogP contribution >= 0.6 is 0 Å². The van der Waals surface area contributed by atoms with E-state index in [2.05, 4.69) is 11.9 Å². The third kappa shape index (κ3) is 2.80. The number of hydrogen-bond acceptors (Lipinski definition) is 2. The summed E-state index contributed by atoms with van der Waals surface area (Å²) >= 11 is 0. The second kappa shape index (κ2) is 4.70. The number of benzene rings is 1. The van der Waals surface area contributed by atoms with Crippen molar-refractivity contribution in [2.45, 2.75) is 27.2 Å². The van der Waals surface area contributed by atoms with Crippen molar-refractivity contribution < 1.29 is 4.79 Å². The summed E-state index contributed by atoms with van der Waals surface area (Å²) in [5.74, 6) is 0.0798. The fraction of sp³-hybridized carbons (Fsp3) is 0.333. The molecule has 14 heavy (non-hydrogen) atoms.